The summed E-state index contributed by atoms with van der Waals surface area (Å²) in [5, 5.41) is 0. The molecule has 0 bridgehead atoms. The second-order valence-corrected chi connectivity index (χ2v) is 14.7. The first kappa shape index (κ1) is 53.3. The van der Waals surface area contributed by atoms with Crippen molar-refractivity contribution < 1.29 is 28.6 Å². The van der Waals surface area contributed by atoms with Crippen LogP contribution < -0.4 is 0 Å². The van der Waals surface area contributed by atoms with Gasteiger partial charge in [0.25, 0.3) is 0 Å². The number of ether oxygens (including phenoxy) is 3. The third-order valence-corrected chi connectivity index (χ3v) is 9.18. The van der Waals surface area contributed by atoms with Gasteiger partial charge in [0.05, 0.1) is 0 Å². The lowest BCUT2D eigenvalue weighted by Gasteiger charge is -2.18. The first-order chi connectivity index (χ1) is 28.0. The predicted molar refractivity (Wildman–Crippen MR) is 242 cm³/mol. The maximum Gasteiger partial charge on any atom is 0.306 e. The van der Waals surface area contributed by atoms with Crippen LogP contribution in [-0.2, 0) is 28.6 Å². The molecule has 0 aliphatic heterocycles. The SMILES string of the molecule is CC/C=C/C=C/C=C/C=C/C=C/CCCC(=O)OCC(COC(=O)CCCCC/C=C/CCCCCCCC)OC(=O)CC/C=C/C/C=C/CCCCCCCC. The van der Waals surface area contributed by atoms with Crippen molar-refractivity contribution >= 4 is 17.9 Å². The molecule has 1 atom stereocenters. The Labute approximate surface area is 349 Å². The maximum atomic E-state index is 12.7. The average molecular weight is 791 g/mol. The highest BCUT2D eigenvalue weighted by atomic mass is 16.6. The summed E-state index contributed by atoms with van der Waals surface area (Å²) in [7, 11) is 0. The molecule has 0 aromatic heterocycles. The Morgan fingerprint density at radius 1 is 0.386 bits per heavy atom. The van der Waals surface area contributed by atoms with E-state index >= 15 is 0 Å². The predicted octanol–water partition coefficient (Wildman–Crippen LogP) is 14.6. The van der Waals surface area contributed by atoms with Crippen LogP contribution in [0.2, 0.25) is 0 Å². The summed E-state index contributed by atoms with van der Waals surface area (Å²) in [6.07, 6.45) is 58.4. The summed E-state index contributed by atoms with van der Waals surface area (Å²) in [6, 6.07) is 0. The van der Waals surface area contributed by atoms with E-state index in [1.165, 1.54) is 77.0 Å². The molecule has 0 heterocycles. The van der Waals surface area contributed by atoms with Crippen LogP contribution >= 0.6 is 0 Å². The molecule has 0 N–H and O–H groups in total. The first-order valence-corrected chi connectivity index (χ1v) is 22.8. The molecule has 1 unspecified atom stereocenters. The minimum atomic E-state index is -0.841. The van der Waals surface area contributed by atoms with E-state index in [2.05, 4.69) is 57.2 Å². The van der Waals surface area contributed by atoms with Crippen LogP contribution in [0.5, 0.6) is 0 Å². The lowest BCUT2D eigenvalue weighted by molar-refractivity contribution is -0.166. The summed E-state index contributed by atoms with van der Waals surface area (Å²) in [5.74, 6) is -1.10. The van der Waals surface area contributed by atoms with Crippen LogP contribution in [0.1, 0.15) is 188 Å². The van der Waals surface area contributed by atoms with Gasteiger partial charge < -0.3 is 14.2 Å². The average Bonchev–Trinajstić information content (AvgIpc) is 3.21. The van der Waals surface area contributed by atoms with Crippen molar-refractivity contribution in [3.05, 3.63) is 97.2 Å². The minimum Gasteiger partial charge on any atom is -0.462 e. The summed E-state index contributed by atoms with van der Waals surface area (Å²) in [5.41, 5.74) is 0. The lowest BCUT2D eigenvalue weighted by atomic mass is 10.1. The van der Waals surface area contributed by atoms with E-state index in [0.717, 1.165) is 57.8 Å². The molecule has 0 rings (SSSR count). The third kappa shape index (κ3) is 43.3. The first-order valence-electron chi connectivity index (χ1n) is 22.8. The van der Waals surface area contributed by atoms with Gasteiger partial charge in [-0.05, 0) is 77.0 Å². The fourth-order valence-corrected chi connectivity index (χ4v) is 5.75. The largest absolute Gasteiger partial charge is 0.462 e. The van der Waals surface area contributed by atoms with Crippen LogP contribution in [0.4, 0.5) is 0 Å². The second-order valence-electron chi connectivity index (χ2n) is 14.7. The fraction of sp³-hybridized carbons (Fsp3) is 0.627. The molecule has 6 heteroatoms. The number of rotatable bonds is 39. The van der Waals surface area contributed by atoms with E-state index in [1.54, 1.807) is 0 Å². The highest BCUT2D eigenvalue weighted by Crippen LogP contribution is 2.11. The summed E-state index contributed by atoms with van der Waals surface area (Å²) >= 11 is 0. The van der Waals surface area contributed by atoms with Crippen LogP contribution in [0.3, 0.4) is 0 Å². The minimum absolute atomic E-state index is 0.132. The number of esters is 3. The molecule has 6 nitrogen and oxygen atoms in total. The van der Waals surface area contributed by atoms with Crippen molar-refractivity contribution in [3.8, 4) is 0 Å². The van der Waals surface area contributed by atoms with Gasteiger partial charge in [0.2, 0.25) is 0 Å². The van der Waals surface area contributed by atoms with Crippen molar-refractivity contribution in [3.63, 3.8) is 0 Å². The van der Waals surface area contributed by atoms with Crippen molar-refractivity contribution in [2.24, 2.45) is 0 Å². The number of carbonyl (C=O) groups excluding carboxylic acids is 3. The number of unbranched alkanes of at least 4 members (excludes halogenated alkanes) is 16. The Kier molecular flexibility index (Phi) is 42.1. The molecular weight excluding hydrogens is 709 g/mol. The summed E-state index contributed by atoms with van der Waals surface area (Å²) < 4.78 is 16.6. The highest BCUT2D eigenvalue weighted by molar-refractivity contribution is 5.71. The maximum absolute atomic E-state index is 12.7. The van der Waals surface area contributed by atoms with Crippen LogP contribution in [0.15, 0.2) is 97.2 Å². The molecule has 0 aromatic rings. The van der Waals surface area contributed by atoms with Gasteiger partial charge in [-0.25, -0.2) is 0 Å². The zero-order valence-electron chi connectivity index (χ0n) is 36.6. The third-order valence-electron chi connectivity index (χ3n) is 9.18. The quantitative estimate of drug-likeness (QED) is 0.0203. The normalized spacial score (nSPS) is 13.0. The van der Waals surface area contributed by atoms with Gasteiger partial charge in [0, 0.05) is 19.3 Å². The molecule has 0 amide bonds. The molecular formula is C51H82O6. The van der Waals surface area contributed by atoms with Crippen molar-refractivity contribution in [1.29, 1.82) is 0 Å². The van der Waals surface area contributed by atoms with E-state index in [0.29, 0.717) is 19.3 Å². The summed E-state index contributed by atoms with van der Waals surface area (Å²) in [4.78, 5) is 37.7. The van der Waals surface area contributed by atoms with Crippen molar-refractivity contribution in [1.82, 2.24) is 0 Å². The van der Waals surface area contributed by atoms with Gasteiger partial charge in [-0.1, -0.05) is 189 Å². The van der Waals surface area contributed by atoms with Gasteiger partial charge in [0.1, 0.15) is 13.2 Å². The topological polar surface area (TPSA) is 78.9 Å². The number of hydrogen-bond acceptors (Lipinski definition) is 6. The molecule has 0 saturated heterocycles. The van der Waals surface area contributed by atoms with E-state index < -0.39 is 12.1 Å². The van der Waals surface area contributed by atoms with Gasteiger partial charge >= 0.3 is 17.9 Å². The molecule has 322 valence electrons. The van der Waals surface area contributed by atoms with Gasteiger partial charge in [-0.15, -0.1) is 0 Å². The Balaban J connectivity index is 4.61. The molecule has 0 aliphatic rings. The standard InChI is InChI=1S/C51H82O6/c1-4-7-10-13-16-19-22-25-28-31-34-37-40-43-49(52)55-46-48(57-51(54)45-42-39-36-33-30-27-24-21-18-15-12-9-6-3)47-56-50(53)44-41-38-35-32-29-26-23-20-17-14-11-8-5-2/h7,10,13,16,19,22,25-31,34,36,39,48H,4-6,8-9,11-12,14-15,17-18,20-21,23-24,32-33,35,37-38,40-47H2,1-3H3/b10-7+,16-13+,22-19+,28-25+,29-26+,30-27+,34-31+,39-36+. The summed E-state index contributed by atoms with van der Waals surface area (Å²) in [6.45, 7) is 6.32. The monoisotopic (exact) mass is 791 g/mol. The van der Waals surface area contributed by atoms with E-state index in [9.17, 15) is 14.4 Å². The molecule has 57 heavy (non-hydrogen) atoms. The van der Waals surface area contributed by atoms with Gasteiger partial charge in [0.15, 0.2) is 6.10 Å². The van der Waals surface area contributed by atoms with E-state index in [-0.39, 0.29) is 38.0 Å². The van der Waals surface area contributed by atoms with Crippen LogP contribution in [-0.4, -0.2) is 37.2 Å². The number of allylic oxidation sites excluding steroid dienone is 16. The molecule has 0 radical (unpaired) electrons. The molecule has 0 fully saturated rings. The van der Waals surface area contributed by atoms with Crippen LogP contribution in [0.25, 0.3) is 0 Å². The number of carbonyl (C=O) groups is 3. The number of hydrogen-bond donors (Lipinski definition) is 0. The lowest BCUT2D eigenvalue weighted by Crippen LogP contribution is -2.30. The smallest absolute Gasteiger partial charge is 0.306 e. The van der Waals surface area contributed by atoms with Gasteiger partial charge in [-0.2, -0.15) is 0 Å². The molecule has 0 spiro atoms. The highest BCUT2D eigenvalue weighted by Gasteiger charge is 2.19. The second kappa shape index (κ2) is 45.0. The Bertz CT molecular complexity index is 1180. The van der Waals surface area contributed by atoms with E-state index in [1.807, 2.05) is 60.8 Å². The van der Waals surface area contributed by atoms with E-state index in [4.69, 9.17) is 14.2 Å². The van der Waals surface area contributed by atoms with Crippen LogP contribution in [0, 0.1) is 0 Å². The zero-order valence-corrected chi connectivity index (χ0v) is 36.6. The van der Waals surface area contributed by atoms with Crippen molar-refractivity contribution in [2.45, 2.75) is 194 Å². The Hall–Kier alpha value is -3.67. The zero-order chi connectivity index (χ0) is 41.5. The Morgan fingerprint density at radius 2 is 0.807 bits per heavy atom. The molecule has 0 saturated carbocycles. The van der Waals surface area contributed by atoms with Crippen molar-refractivity contribution in [2.75, 3.05) is 13.2 Å². The Morgan fingerprint density at radius 3 is 1.35 bits per heavy atom. The van der Waals surface area contributed by atoms with Gasteiger partial charge in [-0.3, -0.25) is 14.4 Å². The fourth-order valence-electron chi connectivity index (χ4n) is 5.75. The molecule has 0 aliphatic carbocycles. The molecule has 0 aromatic carbocycles.